The molecule has 0 aliphatic rings. The summed E-state index contributed by atoms with van der Waals surface area (Å²) in [6.07, 6.45) is 4.86. The van der Waals surface area contributed by atoms with Gasteiger partial charge in [-0.05, 0) is 36.2 Å². The van der Waals surface area contributed by atoms with Crippen LogP contribution in [0.4, 0.5) is 5.82 Å². The highest BCUT2D eigenvalue weighted by Gasteiger charge is 2.11. The second kappa shape index (κ2) is 6.14. The average Bonchev–Trinajstić information content (AvgIpc) is 2.84. The van der Waals surface area contributed by atoms with Crippen LogP contribution in [0, 0.1) is 6.92 Å². The van der Waals surface area contributed by atoms with E-state index >= 15 is 0 Å². The van der Waals surface area contributed by atoms with Crippen molar-refractivity contribution >= 4 is 21.7 Å². The van der Waals surface area contributed by atoms with Crippen LogP contribution in [0.3, 0.4) is 0 Å². The smallest absolute Gasteiger partial charge is 0.165 e. The molecule has 2 rings (SSSR count). The Hall–Kier alpha value is -1.43. The lowest BCUT2D eigenvalue weighted by Crippen LogP contribution is -2.04. The Labute approximate surface area is 121 Å². The second-order valence-corrected chi connectivity index (χ2v) is 5.11. The predicted octanol–water partition coefficient (Wildman–Crippen LogP) is 3.25. The van der Waals surface area contributed by atoms with Crippen LogP contribution in [0.1, 0.15) is 26.0 Å². The fourth-order valence-corrected chi connectivity index (χ4v) is 2.12. The lowest BCUT2D eigenvalue weighted by atomic mass is 10.3. The number of halogens is 1. The normalized spacial score (nSPS) is 10.7. The molecule has 0 aliphatic heterocycles. The molecule has 0 saturated carbocycles. The number of hydrogen-bond donors (Lipinski definition) is 1. The highest BCUT2D eigenvalue weighted by Crippen LogP contribution is 2.26. The van der Waals surface area contributed by atoms with Gasteiger partial charge in [0.15, 0.2) is 5.82 Å². The number of aromatic nitrogens is 4. The van der Waals surface area contributed by atoms with Gasteiger partial charge in [0.05, 0.1) is 21.9 Å². The lowest BCUT2D eigenvalue weighted by Gasteiger charge is -2.08. The molecule has 19 heavy (non-hydrogen) atoms. The predicted molar refractivity (Wildman–Crippen MR) is 80.1 cm³/mol. The molecule has 0 spiro atoms. The standard InChI is InChI=1S/C13H18BrN5/c1-4-6-19-8-10(7-16-19)12-17-9(3)11(14)13(18-12)15-5-2/h7-8H,4-6H2,1-3H3,(H,15,17,18). The SMILES string of the molecule is CCCn1cc(-c2nc(C)c(Br)c(NCC)n2)cn1. The highest BCUT2D eigenvalue weighted by molar-refractivity contribution is 9.10. The van der Waals surface area contributed by atoms with Gasteiger partial charge in [-0.25, -0.2) is 9.97 Å². The number of aryl methyl sites for hydroxylation is 2. The molecule has 0 unspecified atom stereocenters. The molecule has 0 atom stereocenters. The first kappa shape index (κ1) is 14.0. The lowest BCUT2D eigenvalue weighted by molar-refractivity contribution is 0.603. The molecule has 1 N–H and O–H groups in total. The number of nitrogens with zero attached hydrogens (tertiary/aromatic N) is 4. The van der Waals surface area contributed by atoms with Crippen molar-refractivity contribution in [3.8, 4) is 11.4 Å². The number of hydrogen-bond acceptors (Lipinski definition) is 4. The minimum Gasteiger partial charge on any atom is -0.369 e. The summed E-state index contributed by atoms with van der Waals surface area (Å²) in [5.74, 6) is 1.53. The van der Waals surface area contributed by atoms with Gasteiger partial charge in [0.1, 0.15) is 5.82 Å². The molecule has 0 saturated heterocycles. The summed E-state index contributed by atoms with van der Waals surface area (Å²) < 4.78 is 2.84. The molecule has 0 bridgehead atoms. The molecular formula is C13H18BrN5. The van der Waals surface area contributed by atoms with Gasteiger partial charge >= 0.3 is 0 Å². The van der Waals surface area contributed by atoms with Crippen LogP contribution in [0.5, 0.6) is 0 Å². The summed E-state index contributed by atoms with van der Waals surface area (Å²) in [4.78, 5) is 9.05. The molecule has 0 aromatic carbocycles. The maximum Gasteiger partial charge on any atom is 0.165 e. The van der Waals surface area contributed by atoms with E-state index in [1.165, 1.54) is 0 Å². The zero-order valence-corrected chi connectivity index (χ0v) is 13.0. The first-order chi connectivity index (χ1) is 9.15. The maximum absolute atomic E-state index is 4.54. The van der Waals surface area contributed by atoms with Crippen molar-refractivity contribution in [1.29, 1.82) is 0 Å². The fraction of sp³-hybridized carbons (Fsp3) is 0.462. The van der Waals surface area contributed by atoms with Crippen LogP contribution in [-0.4, -0.2) is 26.3 Å². The van der Waals surface area contributed by atoms with E-state index in [1.54, 1.807) is 0 Å². The van der Waals surface area contributed by atoms with Gasteiger partial charge in [0, 0.05) is 19.3 Å². The van der Waals surface area contributed by atoms with E-state index in [2.05, 4.69) is 43.2 Å². The molecule has 5 nitrogen and oxygen atoms in total. The van der Waals surface area contributed by atoms with Crippen molar-refractivity contribution in [1.82, 2.24) is 19.7 Å². The Balaban J connectivity index is 2.37. The van der Waals surface area contributed by atoms with Gasteiger partial charge < -0.3 is 5.32 Å². The third-order valence-corrected chi connectivity index (χ3v) is 3.65. The summed E-state index contributed by atoms with van der Waals surface area (Å²) in [5, 5.41) is 7.55. The van der Waals surface area contributed by atoms with Crippen molar-refractivity contribution in [3.63, 3.8) is 0 Å². The van der Waals surface area contributed by atoms with Crippen molar-refractivity contribution in [2.45, 2.75) is 33.7 Å². The van der Waals surface area contributed by atoms with E-state index in [0.29, 0.717) is 5.82 Å². The molecule has 2 aromatic heterocycles. The molecule has 0 amide bonds. The van der Waals surface area contributed by atoms with Gasteiger partial charge in [-0.3, -0.25) is 4.68 Å². The summed E-state index contributed by atoms with van der Waals surface area (Å²) in [5.41, 5.74) is 1.87. The van der Waals surface area contributed by atoms with E-state index in [-0.39, 0.29) is 0 Å². The minimum absolute atomic E-state index is 0.707. The Kier molecular flexibility index (Phi) is 4.52. The van der Waals surface area contributed by atoms with Crippen LogP contribution in [0.25, 0.3) is 11.4 Å². The average molecular weight is 324 g/mol. The first-order valence-corrected chi connectivity index (χ1v) is 7.25. The van der Waals surface area contributed by atoms with Gasteiger partial charge in [0.2, 0.25) is 0 Å². The molecule has 0 aliphatic carbocycles. The Morgan fingerprint density at radius 1 is 1.32 bits per heavy atom. The van der Waals surface area contributed by atoms with Crippen LogP contribution in [-0.2, 0) is 6.54 Å². The van der Waals surface area contributed by atoms with Crippen LogP contribution in [0.15, 0.2) is 16.9 Å². The van der Waals surface area contributed by atoms with Crippen LogP contribution >= 0.6 is 15.9 Å². The zero-order chi connectivity index (χ0) is 13.8. The Morgan fingerprint density at radius 3 is 2.79 bits per heavy atom. The summed E-state index contributed by atoms with van der Waals surface area (Å²) in [6, 6.07) is 0. The quantitative estimate of drug-likeness (QED) is 0.917. The number of nitrogens with one attached hydrogen (secondary N) is 1. The van der Waals surface area contributed by atoms with Crippen molar-refractivity contribution in [3.05, 3.63) is 22.6 Å². The van der Waals surface area contributed by atoms with E-state index in [0.717, 1.165) is 41.1 Å². The van der Waals surface area contributed by atoms with E-state index < -0.39 is 0 Å². The van der Waals surface area contributed by atoms with E-state index in [1.807, 2.05) is 30.9 Å². The third kappa shape index (κ3) is 3.12. The maximum atomic E-state index is 4.54. The van der Waals surface area contributed by atoms with Crippen molar-refractivity contribution in [2.24, 2.45) is 0 Å². The number of rotatable bonds is 5. The van der Waals surface area contributed by atoms with Gasteiger partial charge in [-0.2, -0.15) is 5.10 Å². The first-order valence-electron chi connectivity index (χ1n) is 6.46. The molecular weight excluding hydrogens is 306 g/mol. The topological polar surface area (TPSA) is 55.6 Å². The molecule has 102 valence electrons. The van der Waals surface area contributed by atoms with Gasteiger partial charge in [-0.15, -0.1) is 0 Å². The highest BCUT2D eigenvalue weighted by atomic mass is 79.9. The third-order valence-electron chi connectivity index (χ3n) is 2.71. The van der Waals surface area contributed by atoms with Gasteiger partial charge in [0.25, 0.3) is 0 Å². The fourth-order valence-electron chi connectivity index (χ4n) is 1.80. The molecule has 0 radical (unpaired) electrons. The summed E-state index contributed by atoms with van der Waals surface area (Å²) >= 11 is 3.51. The second-order valence-electron chi connectivity index (χ2n) is 4.32. The molecule has 0 fully saturated rings. The van der Waals surface area contributed by atoms with Crippen molar-refractivity contribution in [2.75, 3.05) is 11.9 Å². The van der Waals surface area contributed by atoms with E-state index in [4.69, 9.17) is 0 Å². The molecule has 2 aromatic rings. The minimum atomic E-state index is 0.707. The Bertz CT molecular complexity index is 564. The molecule has 2 heterocycles. The van der Waals surface area contributed by atoms with Crippen LogP contribution in [0.2, 0.25) is 0 Å². The monoisotopic (exact) mass is 323 g/mol. The Morgan fingerprint density at radius 2 is 2.11 bits per heavy atom. The molecule has 6 heteroatoms. The van der Waals surface area contributed by atoms with Crippen LogP contribution < -0.4 is 5.32 Å². The largest absolute Gasteiger partial charge is 0.369 e. The van der Waals surface area contributed by atoms with Crippen molar-refractivity contribution < 1.29 is 0 Å². The van der Waals surface area contributed by atoms with Gasteiger partial charge in [-0.1, -0.05) is 6.92 Å². The summed E-state index contributed by atoms with van der Waals surface area (Å²) in [7, 11) is 0. The zero-order valence-electron chi connectivity index (χ0n) is 11.4. The van der Waals surface area contributed by atoms with E-state index in [9.17, 15) is 0 Å². The summed E-state index contributed by atoms with van der Waals surface area (Å²) in [6.45, 7) is 7.87. The number of anilines is 1.